The van der Waals surface area contributed by atoms with E-state index < -0.39 is 17.6 Å². The number of benzene rings is 2. The molecule has 0 aliphatic rings. The van der Waals surface area contributed by atoms with Gasteiger partial charge in [-0.15, -0.1) is 0 Å². The van der Waals surface area contributed by atoms with Crippen LogP contribution in [0.1, 0.15) is 10.4 Å². The van der Waals surface area contributed by atoms with Crippen molar-refractivity contribution in [1.82, 2.24) is 0 Å². The van der Waals surface area contributed by atoms with Gasteiger partial charge in [0.05, 0.1) is 21.8 Å². The van der Waals surface area contributed by atoms with Crippen LogP contribution in [0.25, 0.3) is 0 Å². The highest BCUT2D eigenvalue weighted by atomic mass is 35.5. The summed E-state index contributed by atoms with van der Waals surface area (Å²) < 4.78 is 0. The molecule has 0 unspecified atom stereocenters. The van der Waals surface area contributed by atoms with E-state index in [0.717, 1.165) is 0 Å². The number of nitriles is 1. The number of halogens is 2. The molecule has 0 radical (unpaired) electrons. The lowest BCUT2D eigenvalue weighted by Crippen LogP contribution is -2.29. The second-order valence-electron chi connectivity index (χ2n) is 4.38. The van der Waals surface area contributed by atoms with E-state index in [0.29, 0.717) is 10.7 Å². The maximum atomic E-state index is 12.3. The number of nitrogens with zero attached hydrogens (tertiary/aromatic N) is 1. The molecule has 0 aliphatic carbocycles. The fraction of sp³-hybridized carbons (Fsp3) is 0.0625. The van der Waals surface area contributed by atoms with Crippen LogP contribution in [0.5, 0.6) is 0 Å². The van der Waals surface area contributed by atoms with Gasteiger partial charge in [0, 0.05) is 5.56 Å². The number of hydrogen-bond donors (Lipinski definition) is 1. The Morgan fingerprint density at radius 2 is 1.59 bits per heavy atom. The van der Waals surface area contributed by atoms with Gasteiger partial charge in [0.2, 0.25) is 5.91 Å². The summed E-state index contributed by atoms with van der Waals surface area (Å²) in [5.74, 6) is -2.91. The monoisotopic (exact) mass is 332 g/mol. The van der Waals surface area contributed by atoms with Crippen molar-refractivity contribution in [2.45, 2.75) is 0 Å². The van der Waals surface area contributed by atoms with Crippen LogP contribution in [0.15, 0.2) is 48.5 Å². The maximum Gasteiger partial charge on any atom is 0.249 e. The second kappa shape index (κ2) is 7.08. The van der Waals surface area contributed by atoms with Gasteiger partial charge >= 0.3 is 0 Å². The van der Waals surface area contributed by atoms with Crippen molar-refractivity contribution in [3.8, 4) is 6.07 Å². The van der Waals surface area contributed by atoms with Crippen molar-refractivity contribution in [2.75, 3.05) is 5.32 Å². The number of para-hydroxylation sites is 1. The quantitative estimate of drug-likeness (QED) is 0.680. The summed E-state index contributed by atoms with van der Waals surface area (Å²) >= 11 is 11.9. The standard InChI is InChI=1S/C16H10Cl2N2O2/c17-12-6-2-1-5-10(12)15(21)11(9-19)16(22)20-14-8-4-3-7-13(14)18/h1-8,11H,(H,20,22)/t11-/m0/s1. The number of carbonyl (C=O) groups is 2. The average Bonchev–Trinajstić information content (AvgIpc) is 2.50. The molecule has 4 nitrogen and oxygen atoms in total. The van der Waals surface area contributed by atoms with E-state index >= 15 is 0 Å². The molecule has 0 fully saturated rings. The lowest BCUT2D eigenvalue weighted by Gasteiger charge is -2.11. The molecular formula is C16H10Cl2N2O2. The van der Waals surface area contributed by atoms with E-state index in [1.807, 2.05) is 0 Å². The van der Waals surface area contributed by atoms with Crippen molar-refractivity contribution in [3.63, 3.8) is 0 Å². The summed E-state index contributed by atoms with van der Waals surface area (Å²) in [6.45, 7) is 0. The predicted octanol–water partition coefficient (Wildman–Crippen LogP) is 3.95. The number of Topliss-reactive ketones (excluding diaryl/α,β-unsaturated/α-hetero) is 1. The summed E-state index contributed by atoms with van der Waals surface area (Å²) in [7, 11) is 0. The van der Waals surface area contributed by atoms with Gasteiger partial charge in [-0.1, -0.05) is 47.5 Å². The van der Waals surface area contributed by atoms with Crippen molar-refractivity contribution in [2.24, 2.45) is 5.92 Å². The van der Waals surface area contributed by atoms with Crippen LogP contribution in [0.4, 0.5) is 5.69 Å². The van der Waals surface area contributed by atoms with Crippen LogP contribution in [-0.4, -0.2) is 11.7 Å². The molecule has 1 atom stereocenters. The fourth-order valence-electron chi connectivity index (χ4n) is 1.82. The minimum Gasteiger partial charge on any atom is -0.323 e. The molecule has 0 aromatic heterocycles. The first kappa shape index (κ1) is 16.0. The summed E-state index contributed by atoms with van der Waals surface area (Å²) in [6, 6.07) is 14.5. The number of ketones is 1. The van der Waals surface area contributed by atoms with Gasteiger partial charge in [0.1, 0.15) is 0 Å². The number of anilines is 1. The van der Waals surface area contributed by atoms with Crippen LogP contribution in [0.3, 0.4) is 0 Å². The first-order chi connectivity index (χ1) is 10.5. The van der Waals surface area contributed by atoms with E-state index in [2.05, 4.69) is 5.32 Å². The topological polar surface area (TPSA) is 70.0 Å². The van der Waals surface area contributed by atoms with Gasteiger partial charge in [0.25, 0.3) is 0 Å². The molecule has 6 heteroatoms. The molecule has 2 aromatic carbocycles. The van der Waals surface area contributed by atoms with Gasteiger partial charge in [-0.05, 0) is 24.3 Å². The smallest absolute Gasteiger partial charge is 0.249 e. The molecular weight excluding hydrogens is 323 g/mol. The molecule has 0 bridgehead atoms. The van der Waals surface area contributed by atoms with E-state index in [1.54, 1.807) is 42.5 Å². The van der Waals surface area contributed by atoms with Gasteiger partial charge in [0.15, 0.2) is 11.7 Å². The van der Waals surface area contributed by atoms with Gasteiger partial charge in [-0.2, -0.15) is 5.26 Å². The van der Waals surface area contributed by atoms with E-state index in [4.69, 9.17) is 28.5 Å². The van der Waals surface area contributed by atoms with Crippen LogP contribution < -0.4 is 5.32 Å². The van der Waals surface area contributed by atoms with Crippen LogP contribution >= 0.6 is 23.2 Å². The predicted molar refractivity (Wildman–Crippen MR) is 85.0 cm³/mol. The van der Waals surface area contributed by atoms with Crippen molar-refractivity contribution in [1.29, 1.82) is 5.26 Å². The minimum atomic E-state index is -1.50. The molecule has 0 aliphatic heterocycles. The number of hydrogen-bond acceptors (Lipinski definition) is 3. The Labute approximate surface area is 137 Å². The molecule has 2 aromatic rings. The molecule has 1 N–H and O–H groups in total. The number of amides is 1. The highest BCUT2D eigenvalue weighted by Gasteiger charge is 2.29. The number of nitrogens with one attached hydrogen (secondary N) is 1. The summed E-state index contributed by atoms with van der Waals surface area (Å²) in [5, 5.41) is 12.1. The first-order valence-electron chi connectivity index (χ1n) is 6.28. The number of carbonyl (C=O) groups excluding carboxylic acids is 2. The molecule has 0 saturated carbocycles. The van der Waals surface area contributed by atoms with Crippen LogP contribution in [0.2, 0.25) is 10.0 Å². The van der Waals surface area contributed by atoms with E-state index in [9.17, 15) is 9.59 Å². The Bertz CT molecular complexity index is 769. The average molecular weight is 333 g/mol. The zero-order valence-electron chi connectivity index (χ0n) is 11.2. The molecule has 0 spiro atoms. The molecule has 1 amide bonds. The highest BCUT2D eigenvalue weighted by Crippen LogP contribution is 2.23. The van der Waals surface area contributed by atoms with Crippen LogP contribution in [0, 0.1) is 17.2 Å². The lowest BCUT2D eigenvalue weighted by molar-refractivity contribution is -0.117. The Balaban J connectivity index is 2.24. The van der Waals surface area contributed by atoms with Gasteiger partial charge in [-0.3, -0.25) is 9.59 Å². The minimum absolute atomic E-state index is 0.130. The van der Waals surface area contributed by atoms with E-state index in [1.165, 1.54) is 12.1 Å². The summed E-state index contributed by atoms with van der Waals surface area (Å²) in [5.41, 5.74) is 0.464. The van der Waals surface area contributed by atoms with Gasteiger partial charge in [-0.25, -0.2) is 0 Å². The zero-order valence-corrected chi connectivity index (χ0v) is 12.7. The third-order valence-electron chi connectivity index (χ3n) is 2.92. The van der Waals surface area contributed by atoms with Crippen molar-refractivity contribution < 1.29 is 9.59 Å². The van der Waals surface area contributed by atoms with Gasteiger partial charge < -0.3 is 5.32 Å². The van der Waals surface area contributed by atoms with E-state index in [-0.39, 0.29) is 10.6 Å². The fourth-order valence-corrected chi connectivity index (χ4v) is 2.23. The molecule has 0 heterocycles. The summed E-state index contributed by atoms with van der Waals surface area (Å²) in [4.78, 5) is 24.5. The Kier molecular flexibility index (Phi) is 5.16. The lowest BCUT2D eigenvalue weighted by atomic mass is 9.98. The summed E-state index contributed by atoms with van der Waals surface area (Å²) in [6.07, 6.45) is 0. The Hall–Kier alpha value is -2.35. The van der Waals surface area contributed by atoms with Crippen LogP contribution in [-0.2, 0) is 4.79 Å². The van der Waals surface area contributed by atoms with Crippen molar-refractivity contribution in [3.05, 3.63) is 64.1 Å². The molecule has 0 saturated heterocycles. The Morgan fingerprint density at radius 1 is 1.00 bits per heavy atom. The number of rotatable bonds is 4. The third-order valence-corrected chi connectivity index (χ3v) is 3.58. The SMILES string of the molecule is N#C[C@H](C(=O)Nc1ccccc1Cl)C(=O)c1ccccc1Cl. The largest absolute Gasteiger partial charge is 0.323 e. The molecule has 110 valence electrons. The first-order valence-corrected chi connectivity index (χ1v) is 7.04. The second-order valence-corrected chi connectivity index (χ2v) is 5.19. The molecule has 2 rings (SSSR count). The highest BCUT2D eigenvalue weighted by molar-refractivity contribution is 6.35. The third kappa shape index (κ3) is 3.45. The normalized spacial score (nSPS) is 11.3. The van der Waals surface area contributed by atoms with Crippen molar-refractivity contribution >= 4 is 40.6 Å². The maximum absolute atomic E-state index is 12.3. The molecule has 22 heavy (non-hydrogen) atoms. The zero-order chi connectivity index (χ0) is 16.1. The Morgan fingerprint density at radius 3 is 2.18 bits per heavy atom.